The lowest BCUT2D eigenvalue weighted by molar-refractivity contribution is -0.136. The molecular weight excluding hydrogens is 236 g/mol. The van der Waals surface area contributed by atoms with E-state index < -0.39 is 0 Å². The summed E-state index contributed by atoms with van der Waals surface area (Å²) in [6.07, 6.45) is 1.70. The lowest BCUT2D eigenvalue weighted by Crippen LogP contribution is -2.47. The summed E-state index contributed by atoms with van der Waals surface area (Å²) in [4.78, 5) is 13.5. The van der Waals surface area contributed by atoms with E-state index in [0.717, 1.165) is 25.9 Å². The van der Waals surface area contributed by atoms with Gasteiger partial charge in [0.05, 0.1) is 0 Å². The van der Waals surface area contributed by atoms with Gasteiger partial charge >= 0.3 is 0 Å². The molecule has 1 N–H and O–H groups in total. The Hall–Kier alpha value is -0.690. The van der Waals surface area contributed by atoms with Crippen molar-refractivity contribution >= 4 is 5.91 Å². The molecule has 106 valence electrons. The van der Waals surface area contributed by atoms with Crippen molar-refractivity contribution in [3.63, 3.8) is 0 Å². The summed E-state index contributed by atoms with van der Waals surface area (Å²) < 4.78 is 15.1. The Morgan fingerprint density at radius 1 is 1.28 bits per heavy atom. The van der Waals surface area contributed by atoms with Crippen molar-refractivity contribution in [2.24, 2.45) is 0 Å². The number of rotatable bonds is 7. The first-order valence-corrected chi connectivity index (χ1v) is 6.27. The number of hydrogen-bond acceptors (Lipinski definition) is 5. The van der Waals surface area contributed by atoms with Gasteiger partial charge in [0.1, 0.15) is 6.61 Å². The quantitative estimate of drug-likeness (QED) is 0.644. The third-order valence-corrected chi connectivity index (χ3v) is 3.21. The second-order valence-electron chi connectivity index (χ2n) is 4.40. The molecule has 0 unspecified atom stereocenters. The third kappa shape index (κ3) is 4.89. The molecule has 1 rings (SSSR count). The Labute approximate surface area is 109 Å². The Morgan fingerprint density at radius 3 is 2.39 bits per heavy atom. The minimum atomic E-state index is -0.210. The first-order chi connectivity index (χ1) is 8.71. The third-order valence-electron chi connectivity index (χ3n) is 3.21. The summed E-state index contributed by atoms with van der Waals surface area (Å²) in [5, 5.41) is 3.40. The SMILES string of the molecule is COCC(=O)N1CCC(NCC(OC)OC)CC1. The van der Waals surface area contributed by atoms with Crippen LogP contribution >= 0.6 is 0 Å². The zero-order valence-electron chi connectivity index (χ0n) is 11.5. The van der Waals surface area contributed by atoms with Crippen LogP contribution in [-0.4, -0.2) is 70.7 Å². The molecule has 0 atom stereocenters. The largest absolute Gasteiger partial charge is 0.375 e. The molecule has 1 heterocycles. The molecule has 1 aliphatic heterocycles. The molecule has 0 bridgehead atoms. The Morgan fingerprint density at radius 2 is 1.89 bits per heavy atom. The van der Waals surface area contributed by atoms with E-state index >= 15 is 0 Å². The Kier molecular flexibility index (Phi) is 7.19. The summed E-state index contributed by atoms with van der Waals surface area (Å²) in [5.74, 6) is 0.0719. The molecule has 0 spiro atoms. The molecule has 1 amide bonds. The topological polar surface area (TPSA) is 60.0 Å². The maximum atomic E-state index is 11.6. The maximum absolute atomic E-state index is 11.6. The first kappa shape index (κ1) is 15.4. The fourth-order valence-corrected chi connectivity index (χ4v) is 2.07. The van der Waals surface area contributed by atoms with Crippen molar-refractivity contribution in [3.8, 4) is 0 Å². The number of carbonyl (C=O) groups is 1. The van der Waals surface area contributed by atoms with E-state index in [4.69, 9.17) is 14.2 Å². The van der Waals surface area contributed by atoms with Crippen molar-refractivity contribution in [2.75, 3.05) is 47.6 Å². The van der Waals surface area contributed by atoms with Crippen molar-refractivity contribution in [1.82, 2.24) is 10.2 Å². The summed E-state index contributed by atoms with van der Waals surface area (Å²) in [6.45, 7) is 2.41. The Balaban J connectivity index is 2.21. The summed E-state index contributed by atoms with van der Waals surface area (Å²) >= 11 is 0. The van der Waals surface area contributed by atoms with Crippen LogP contribution in [0.5, 0.6) is 0 Å². The van der Waals surface area contributed by atoms with E-state index in [0.29, 0.717) is 12.6 Å². The van der Waals surface area contributed by atoms with Gasteiger partial charge in [-0.25, -0.2) is 0 Å². The van der Waals surface area contributed by atoms with Crippen LogP contribution in [0.4, 0.5) is 0 Å². The van der Waals surface area contributed by atoms with Crippen molar-refractivity contribution < 1.29 is 19.0 Å². The van der Waals surface area contributed by atoms with Crippen LogP contribution in [0.1, 0.15) is 12.8 Å². The second-order valence-corrected chi connectivity index (χ2v) is 4.40. The normalized spacial score (nSPS) is 17.4. The molecule has 0 radical (unpaired) electrons. The fourth-order valence-electron chi connectivity index (χ4n) is 2.07. The molecule has 0 aromatic heterocycles. The monoisotopic (exact) mass is 260 g/mol. The van der Waals surface area contributed by atoms with Crippen LogP contribution < -0.4 is 5.32 Å². The molecule has 0 saturated carbocycles. The van der Waals surface area contributed by atoms with E-state index in [9.17, 15) is 4.79 Å². The number of carbonyl (C=O) groups excluding carboxylic acids is 1. The molecule has 18 heavy (non-hydrogen) atoms. The smallest absolute Gasteiger partial charge is 0.248 e. The van der Waals surface area contributed by atoms with Gasteiger partial charge in [-0.1, -0.05) is 0 Å². The van der Waals surface area contributed by atoms with Gasteiger partial charge in [0.25, 0.3) is 0 Å². The van der Waals surface area contributed by atoms with E-state index in [1.807, 2.05) is 4.90 Å². The Bertz CT molecular complexity index is 238. The van der Waals surface area contributed by atoms with E-state index in [1.165, 1.54) is 0 Å². The molecule has 1 fully saturated rings. The average molecular weight is 260 g/mol. The average Bonchev–Trinajstić information content (AvgIpc) is 2.41. The molecule has 1 aliphatic rings. The molecular formula is C12H24N2O4. The van der Waals surface area contributed by atoms with Gasteiger partial charge in [-0.3, -0.25) is 4.79 Å². The van der Waals surface area contributed by atoms with Crippen LogP contribution in [0.2, 0.25) is 0 Å². The highest BCUT2D eigenvalue weighted by Crippen LogP contribution is 2.10. The lowest BCUT2D eigenvalue weighted by Gasteiger charge is -2.33. The number of likely N-dealkylation sites (tertiary alicyclic amines) is 1. The minimum Gasteiger partial charge on any atom is -0.375 e. The summed E-state index contributed by atoms with van der Waals surface area (Å²) in [5.41, 5.74) is 0. The molecule has 0 aliphatic carbocycles. The van der Waals surface area contributed by atoms with Crippen LogP contribution in [0.15, 0.2) is 0 Å². The predicted octanol–water partition coefficient (Wildman–Crippen LogP) is -0.168. The highest BCUT2D eigenvalue weighted by Gasteiger charge is 2.22. The van der Waals surface area contributed by atoms with Gasteiger partial charge < -0.3 is 24.4 Å². The van der Waals surface area contributed by atoms with Crippen molar-refractivity contribution in [2.45, 2.75) is 25.2 Å². The van der Waals surface area contributed by atoms with Crippen LogP contribution in [0, 0.1) is 0 Å². The molecule has 6 nitrogen and oxygen atoms in total. The summed E-state index contributed by atoms with van der Waals surface area (Å²) in [6, 6.07) is 0.421. The maximum Gasteiger partial charge on any atom is 0.248 e. The van der Waals surface area contributed by atoms with Crippen LogP contribution in [0.25, 0.3) is 0 Å². The number of nitrogens with one attached hydrogen (secondary N) is 1. The van der Waals surface area contributed by atoms with E-state index in [-0.39, 0.29) is 18.8 Å². The van der Waals surface area contributed by atoms with Gasteiger partial charge in [0.2, 0.25) is 5.91 Å². The highest BCUT2D eigenvalue weighted by atomic mass is 16.7. The first-order valence-electron chi connectivity index (χ1n) is 6.27. The number of piperidine rings is 1. The lowest BCUT2D eigenvalue weighted by atomic mass is 10.1. The zero-order valence-corrected chi connectivity index (χ0v) is 11.5. The van der Waals surface area contributed by atoms with Crippen molar-refractivity contribution in [3.05, 3.63) is 0 Å². The molecule has 6 heteroatoms. The number of nitrogens with zero attached hydrogens (tertiary/aromatic N) is 1. The van der Waals surface area contributed by atoms with Crippen LogP contribution in [-0.2, 0) is 19.0 Å². The summed E-state index contributed by atoms with van der Waals surface area (Å²) in [7, 11) is 4.80. The number of methoxy groups -OCH3 is 3. The number of amides is 1. The zero-order chi connectivity index (χ0) is 13.4. The molecule has 0 aromatic carbocycles. The van der Waals surface area contributed by atoms with Gasteiger partial charge in [0, 0.05) is 47.0 Å². The van der Waals surface area contributed by atoms with Crippen LogP contribution in [0.3, 0.4) is 0 Å². The fraction of sp³-hybridized carbons (Fsp3) is 0.917. The standard InChI is InChI=1S/C12H24N2O4/c1-16-9-11(15)14-6-4-10(5-7-14)13-8-12(17-2)18-3/h10,12-13H,4-9H2,1-3H3. The van der Waals surface area contributed by atoms with Gasteiger partial charge in [-0.05, 0) is 12.8 Å². The highest BCUT2D eigenvalue weighted by molar-refractivity contribution is 5.77. The van der Waals surface area contributed by atoms with E-state index in [2.05, 4.69) is 5.32 Å². The van der Waals surface area contributed by atoms with Crippen molar-refractivity contribution in [1.29, 1.82) is 0 Å². The number of ether oxygens (including phenoxy) is 3. The number of hydrogen-bond donors (Lipinski definition) is 1. The minimum absolute atomic E-state index is 0.0719. The predicted molar refractivity (Wildman–Crippen MR) is 67.3 cm³/mol. The second kappa shape index (κ2) is 8.42. The van der Waals surface area contributed by atoms with E-state index in [1.54, 1.807) is 21.3 Å². The van der Waals surface area contributed by atoms with Gasteiger partial charge in [0.15, 0.2) is 6.29 Å². The van der Waals surface area contributed by atoms with Gasteiger partial charge in [-0.2, -0.15) is 0 Å². The van der Waals surface area contributed by atoms with Gasteiger partial charge in [-0.15, -0.1) is 0 Å². The molecule has 0 aromatic rings. The molecule has 1 saturated heterocycles.